The highest BCUT2D eigenvalue weighted by Gasteiger charge is 2.14. The number of benzene rings is 1. The van der Waals surface area contributed by atoms with Gasteiger partial charge in [-0.2, -0.15) is 0 Å². The summed E-state index contributed by atoms with van der Waals surface area (Å²) in [5, 5.41) is 11.8. The monoisotopic (exact) mass is 353 g/mol. The first-order valence-corrected chi connectivity index (χ1v) is 8.59. The van der Waals surface area contributed by atoms with Gasteiger partial charge in [0.05, 0.1) is 23.6 Å². The summed E-state index contributed by atoms with van der Waals surface area (Å²) in [6.07, 6.45) is 3.36. The summed E-state index contributed by atoms with van der Waals surface area (Å²) in [4.78, 5) is 16.8. The highest BCUT2D eigenvalue weighted by Crippen LogP contribution is 2.27. The first kappa shape index (κ1) is 15.5. The predicted molar refractivity (Wildman–Crippen MR) is 95.7 cm³/mol. The summed E-state index contributed by atoms with van der Waals surface area (Å²) in [6.45, 7) is 4.18. The molecule has 4 rings (SSSR count). The van der Waals surface area contributed by atoms with Gasteiger partial charge in [-0.3, -0.25) is 10.1 Å². The van der Waals surface area contributed by atoms with Crippen LogP contribution in [0.5, 0.6) is 0 Å². The lowest BCUT2D eigenvalue weighted by Crippen LogP contribution is -2.11. The topological polar surface area (TPSA) is 85.8 Å². The molecular weight excluding hydrogens is 338 g/mol. The van der Waals surface area contributed by atoms with E-state index in [2.05, 4.69) is 38.9 Å². The lowest BCUT2D eigenvalue weighted by Gasteiger charge is -2.08. The van der Waals surface area contributed by atoms with Crippen molar-refractivity contribution in [3.63, 3.8) is 0 Å². The Balaban J connectivity index is 1.56. The fourth-order valence-electron chi connectivity index (χ4n) is 2.53. The van der Waals surface area contributed by atoms with Gasteiger partial charge in [-0.15, -0.1) is 10.2 Å². The number of nitrogens with one attached hydrogen (secondary N) is 1. The quantitative estimate of drug-likeness (QED) is 0.600. The van der Waals surface area contributed by atoms with Crippen LogP contribution in [0, 0.1) is 0 Å². The van der Waals surface area contributed by atoms with Crippen molar-refractivity contribution in [2.75, 3.05) is 5.32 Å². The fraction of sp³-hybridized carbons (Fsp3) is 0.176. The van der Waals surface area contributed by atoms with E-state index in [1.54, 1.807) is 36.9 Å². The molecule has 0 saturated carbocycles. The molecule has 0 fully saturated rings. The number of carbonyl (C=O) groups is 1. The van der Waals surface area contributed by atoms with Crippen molar-refractivity contribution < 1.29 is 9.21 Å². The molecule has 0 saturated heterocycles. The van der Waals surface area contributed by atoms with Crippen LogP contribution in [0.2, 0.25) is 0 Å². The van der Waals surface area contributed by atoms with Crippen LogP contribution in [0.25, 0.3) is 21.8 Å². The lowest BCUT2D eigenvalue weighted by atomic mass is 10.2. The van der Waals surface area contributed by atoms with E-state index in [1.165, 1.54) is 11.3 Å². The van der Waals surface area contributed by atoms with Crippen molar-refractivity contribution in [1.82, 2.24) is 19.7 Å². The Morgan fingerprint density at radius 3 is 2.92 bits per heavy atom. The molecule has 126 valence electrons. The molecule has 3 aromatic heterocycles. The number of nitrogens with zero attached hydrogens (tertiary/aromatic N) is 4. The van der Waals surface area contributed by atoms with Crippen LogP contribution in [0.15, 0.2) is 47.3 Å². The molecule has 1 N–H and O–H groups in total. The number of fused-ring (bicyclic) bond motifs is 1. The normalized spacial score (nSPS) is 11.3. The Morgan fingerprint density at radius 1 is 1.28 bits per heavy atom. The van der Waals surface area contributed by atoms with Crippen LogP contribution in [-0.4, -0.2) is 25.7 Å². The molecule has 0 aliphatic rings. The predicted octanol–water partition coefficient (Wildman–Crippen LogP) is 3.98. The van der Waals surface area contributed by atoms with Gasteiger partial charge in [-0.05, 0) is 44.2 Å². The van der Waals surface area contributed by atoms with Crippen LogP contribution in [0.3, 0.4) is 0 Å². The van der Waals surface area contributed by atoms with Crippen LogP contribution in [0.1, 0.15) is 30.2 Å². The summed E-state index contributed by atoms with van der Waals surface area (Å²) in [5.41, 5.74) is 2.31. The molecular formula is C17H15N5O2S. The Kier molecular flexibility index (Phi) is 3.81. The van der Waals surface area contributed by atoms with E-state index in [-0.39, 0.29) is 5.91 Å². The molecule has 0 spiro atoms. The van der Waals surface area contributed by atoms with Gasteiger partial charge >= 0.3 is 0 Å². The minimum absolute atomic E-state index is 0.247. The molecule has 0 atom stereocenters. The molecule has 0 radical (unpaired) electrons. The van der Waals surface area contributed by atoms with Crippen LogP contribution in [-0.2, 0) is 0 Å². The van der Waals surface area contributed by atoms with E-state index in [4.69, 9.17) is 4.42 Å². The molecule has 0 unspecified atom stereocenters. The summed E-state index contributed by atoms with van der Waals surface area (Å²) >= 11 is 1.26. The second-order valence-corrected chi connectivity index (χ2v) is 6.77. The van der Waals surface area contributed by atoms with Crippen LogP contribution >= 0.6 is 11.3 Å². The van der Waals surface area contributed by atoms with Gasteiger partial charge in [0.2, 0.25) is 5.13 Å². The van der Waals surface area contributed by atoms with Crippen molar-refractivity contribution in [2.24, 2.45) is 0 Å². The summed E-state index contributed by atoms with van der Waals surface area (Å²) < 4.78 is 7.34. The second kappa shape index (κ2) is 6.14. The van der Waals surface area contributed by atoms with E-state index >= 15 is 0 Å². The van der Waals surface area contributed by atoms with E-state index < -0.39 is 0 Å². The summed E-state index contributed by atoms with van der Waals surface area (Å²) in [6, 6.07) is 9.35. The highest BCUT2D eigenvalue weighted by molar-refractivity contribution is 7.18. The number of hydrogen-bond acceptors (Lipinski definition) is 6. The first-order valence-electron chi connectivity index (χ1n) is 7.77. The SMILES string of the molecule is CC(C)n1cnc2cc(C(=O)Nc3nnc(-c4ccco4)s3)ccc21. The Morgan fingerprint density at radius 2 is 2.16 bits per heavy atom. The van der Waals surface area contributed by atoms with Gasteiger partial charge in [0.25, 0.3) is 5.91 Å². The molecule has 3 heterocycles. The molecule has 0 aliphatic heterocycles. The average Bonchev–Trinajstić information content (AvgIpc) is 3.33. The Labute approximate surface area is 147 Å². The fourth-order valence-corrected chi connectivity index (χ4v) is 3.23. The summed E-state index contributed by atoms with van der Waals surface area (Å²) in [7, 11) is 0. The lowest BCUT2D eigenvalue weighted by molar-refractivity contribution is 0.102. The van der Waals surface area contributed by atoms with Crippen molar-refractivity contribution >= 4 is 33.4 Å². The molecule has 25 heavy (non-hydrogen) atoms. The number of amides is 1. The molecule has 4 aromatic rings. The average molecular weight is 353 g/mol. The van der Waals surface area contributed by atoms with Crippen LogP contribution in [0.4, 0.5) is 5.13 Å². The van der Waals surface area contributed by atoms with Gasteiger partial charge < -0.3 is 8.98 Å². The molecule has 0 bridgehead atoms. The third-order valence-corrected chi connectivity index (χ3v) is 4.62. The van der Waals surface area contributed by atoms with Gasteiger partial charge in [0.15, 0.2) is 10.8 Å². The minimum Gasteiger partial charge on any atom is -0.462 e. The zero-order chi connectivity index (χ0) is 17.4. The molecule has 0 aliphatic carbocycles. The van der Waals surface area contributed by atoms with Gasteiger partial charge in [0.1, 0.15) is 0 Å². The van der Waals surface area contributed by atoms with Crippen molar-refractivity contribution in [1.29, 1.82) is 0 Å². The highest BCUT2D eigenvalue weighted by atomic mass is 32.1. The van der Waals surface area contributed by atoms with Crippen LogP contribution < -0.4 is 5.32 Å². The van der Waals surface area contributed by atoms with E-state index in [9.17, 15) is 4.79 Å². The standard InChI is InChI=1S/C17H15N5O2S/c1-10(2)22-9-18-12-8-11(5-6-13(12)22)15(23)19-17-21-20-16(25-17)14-4-3-7-24-14/h3-10H,1-2H3,(H,19,21,23). The minimum atomic E-state index is -0.247. The number of carbonyl (C=O) groups excluding carboxylic acids is 1. The maximum Gasteiger partial charge on any atom is 0.257 e. The van der Waals surface area contributed by atoms with E-state index in [0.717, 1.165) is 11.0 Å². The third-order valence-electron chi connectivity index (χ3n) is 3.77. The molecule has 1 aromatic carbocycles. The molecule has 7 nitrogen and oxygen atoms in total. The number of furan rings is 1. The second-order valence-electron chi connectivity index (χ2n) is 5.79. The van der Waals surface area contributed by atoms with E-state index in [1.807, 2.05) is 6.07 Å². The number of imidazole rings is 1. The zero-order valence-corrected chi connectivity index (χ0v) is 14.4. The van der Waals surface area contributed by atoms with Crippen molar-refractivity contribution in [2.45, 2.75) is 19.9 Å². The zero-order valence-electron chi connectivity index (χ0n) is 13.6. The van der Waals surface area contributed by atoms with Gasteiger partial charge in [-0.1, -0.05) is 11.3 Å². The largest absolute Gasteiger partial charge is 0.462 e. The first-order chi connectivity index (χ1) is 12.1. The number of hydrogen-bond donors (Lipinski definition) is 1. The number of rotatable bonds is 4. The van der Waals surface area contributed by atoms with Crippen molar-refractivity contribution in [3.8, 4) is 10.8 Å². The number of aromatic nitrogens is 4. The number of anilines is 1. The maximum atomic E-state index is 12.5. The van der Waals surface area contributed by atoms with Crippen molar-refractivity contribution in [3.05, 3.63) is 48.5 Å². The van der Waals surface area contributed by atoms with Gasteiger partial charge in [0, 0.05) is 11.6 Å². The molecule has 8 heteroatoms. The smallest absolute Gasteiger partial charge is 0.257 e. The van der Waals surface area contributed by atoms with Gasteiger partial charge in [-0.25, -0.2) is 4.98 Å². The summed E-state index contributed by atoms with van der Waals surface area (Å²) in [5.74, 6) is 0.377. The molecule has 1 amide bonds. The Bertz CT molecular complexity index is 1030. The van der Waals surface area contributed by atoms with E-state index in [0.29, 0.717) is 27.5 Å². The third kappa shape index (κ3) is 2.91. The maximum absolute atomic E-state index is 12.5. The Hall–Kier alpha value is -3.00.